The molecular formula is C22H22F2N2O4. The van der Waals surface area contributed by atoms with Gasteiger partial charge in [-0.15, -0.1) is 0 Å². The molecule has 0 saturated carbocycles. The fourth-order valence-electron chi connectivity index (χ4n) is 2.87. The lowest BCUT2D eigenvalue weighted by molar-refractivity contribution is -0.0493. The number of aryl methyl sites for hydroxylation is 4. The standard InChI is InChI=1S/C22H22F2N2O4/c1-12-6-8-18(29-22(23)24)17(9-12)25-21(27)20-16(15(4)30-26-20)11-28-19-10-13(2)5-7-14(19)3/h5-10,22H,11H2,1-4H3,(H,25,27). The Hall–Kier alpha value is -3.42. The predicted octanol–water partition coefficient (Wildman–Crippen LogP) is 5.34. The quantitative estimate of drug-likeness (QED) is 0.563. The second kappa shape index (κ2) is 8.94. The lowest BCUT2D eigenvalue weighted by atomic mass is 10.1. The van der Waals surface area contributed by atoms with Crippen LogP contribution in [-0.4, -0.2) is 17.7 Å². The SMILES string of the molecule is Cc1ccc(OC(F)F)c(NC(=O)c2noc(C)c2COc2cc(C)ccc2C)c1. The van der Waals surface area contributed by atoms with Crippen molar-refractivity contribution in [3.05, 3.63) is 70.1 Å². The van der Waals surface area contributed by atoms with Crippen molar-refractivity contribution in [3.8, 4) is 11.5 Å². The number of ether oxygens (including phenoxy) is 2. The van der Waals surface area contributed by atoms with E-state index in [9.17, 15) is 13.6 Å². The Balaban J connectivity index is 1.81. The van der Waals surface area contributed by atoms with Crippen LogP contribution in [0, 0.1) is 27.7 Å². The van der Waals surface area contributed by atoms with Gasteiger partial charge in [0.05, 0.1) is 11.3 Å². The molecule has 6 nitrogen and oxygen atoms in total. The molecule has 1 amide bonds. The lowest BCUT2D eigenvalue weighted by Crippen LogP contribution is -2.17. The molecule has 0 saturated heterocycles. The molecule has 0 aliphatic rings. The van der Waals surface area contributed by atoms with E-state index in [0.29, 0.717) is 17.1 Å². The van der Waals surface area contributed by atoms with Crippen LogP contribution in [0.4, 0.5) is 14.5 Å². The number of hydrogen-bond acceptors (Lipinski definition) is 5. The lowest BCUT2D eigenvalue weighted by Gasteiger charge is -2.13. The Bertz CT molecular complexity index is 1060. The van der Waals surface area contributed by atoms with Crippen molar-refractivity contribution < 1.29 is 27.6 Å². The third-order valence-corrected chi connectivity index (χ3v) is 4.51. The number of aromatic nitrogens is 1. The van der Waals surface area contributed by atoms with Gasteiger partial charge in [-0.2, -0.15) is 8.78 Å². The van der Waals surface area contributed by atoms with Crippen molar-refractivity contribution >= 4 is 11.6 Å². The number of carbonyl (C=O) groups is 1. The van der Waals surface area contributed by atoms with E-state index in [-0.39, 0.29) is 23.7 Å². The van der Waals surface area contributed by atoms with Gasteiger partial charge in [0.25, 0.3) is 5.91 Å². The van der Waals surface area contributed by atoms with E-state index in [1.165, 1.54) is 12.1 Å². The first kappa shape index (κ1) is 21.3. The molecule has 0 radical (unpaired) electrons. The summed E-state index contributed by atoms with van der Waals surface area (Å²) in [5.74, 6) is 0.362. The molecular weight excluding hydrogens is 394 g/mol. The van der Waals surface area contributed by atoms with Gasteiger partial charge in [0.1, 0.15) is 23.9 Å². The molecule has 3 aromatic rings. The van der Waals surface area contributed by atoms with Gasteiger partial charge in [-0.05, 0) is 62.6 Å². The van der Waals surface area contributed by atoms with E-state index in [1.54, 1.807) is 19.9 Å². The van der Waals surface area contributed by atoms with Crippen molar-refractivity contribution in [1.82, 2.24) is 5.16 Å². The Kier molecular flexibility index (Phi) is 6.34. The number of halogens is 2. The van der Waals surface area contributed by atoms with E-state index in [2.05, 4.69) is 15.2 Å². The zero-order valence-corrected chi connectivity index (χ0v) is 17.1. The van der Waals surface area contributed by atoms with E-state index < -0.39 is 12.5 Å². The molecule has 0 aliphatic carbocycles. The van der Waals surface area contributed by atoms with Crippen molar-refractivity contribution in [2.45, 2.75) is 40.9 Å². The summed E-state index contributed by atoms with van der Waals surface area (Å²) in [5.41, 5.74) is 3.36. The molecule has 3 rings (SSSR count). The molecule has 0 bridgehead atoms. The highest BCUT2D eigenvalue weighted by Gasteiger charge is 2.22. The number of rotatable bonds is 7. The largest absolute Gasteiger partial charge is 0.488 e. The van der Waals surface area contributed by atoms with Crippen LogP contribution < -0.4 is 14.8 Å². The second-order valence-electron chi connectivity index (χ2n) is 6.96. The molecule has 0 fully saturated rings. The summed E-state index contributed by atoms with van der Waals surface area (Å²) in [4.78, 5) is 12.8. The van der Waals surface area contributed by atoms with E-state index in [0.717, 1.165) is 16.7 Å². The Morgan fingerprint density at radius 1 is 1.07 bits per heavy atom. The Morgan fingerprint density at radius 2 is 1.77 bits per heavy atom. The summed E-state index contributed by atoms with van der Waals surface area (Å²) < 4.78 is 40.9. The van der Waals surface area contributed by atoms with Crippen LogP contribution in [0.5, 0.6) is 11.5 Å². The third-order valence-electron chi connectivity index (χ3n) is 4.51. The number of alkyl halides is 2. The molecule has 0 aliphatic heterocycles. The summed E-state index contributed by atoms with van der Waals surface area (Å²) in [6.07, 6.45) is 0. The number of nitrogens with one attached hydrogen (secondary N) is 1. The molecule has 0 atom stereocenters. The first-order valence-electron chi connectivity index (χ1n) is 9.26. The third kappa shape index (κ3) is 4.94. The van der Waals surface area contributed by atoms with Gasteiger partial charge in [0.15, 0.2) is 5.69 Å². The van der Waals surface area contributed by atoms with Gasteiger partial charge in [0.2, 0.25) is 0 Å². The average molecular weight is 416 g/mol. The first-order valence-corrected chi connectivity index (χ1v) is 9.26. The van der Waals surface area contributed by atoms with Crippen LogP contribution in [0.2, 0.25) is 0 Å². The molecule has 0 unspecified atom stereocenters. The Labute approximate surface area is 172 Å². The Morgan fingerprint density at radius 3 is 2.50 bits per heavy atom. The average Bonchev–Trinajstić information content (AvgIpc) is 3.05. The van der Waals surface area contributed by atoms with Crippen LogP contribution in [0.15, 0.2) is 40.9 Å². The number of benzene rings is 2. The second-order valence-corrected chi connectivity index (χ2v) is 6.96. The van der Waals surface area contributed by atoms with E-state index in [4.69, 9.17) is 9.26 Å². The summed E-state index contributed by atoms with van der Waals surface area (Å²) in [6, 6.07) is 10.3. The van der Waals surface area contributed by atoms with Gasteiger partial charge in [-0.25, -0.2) is 0 Å². The zero-order valence-electron chi connectivity index (χ0n) is 17.1. The number of amides is 1. The first-order chi connectivity index (χ1) is 14.2. The molecule has 1 heterocycles. The van der Waals surface area contributed by atoms with Gasteiger partial charge in [0, 0.05) is 0 Å². The number of nitrogens with zero attached hydrogens (tertiary/aromatic N) is 1. The minimum atomic E-state index is -3.01. The van der Waals surface area contributed by atoms with E-state index >= 15 is 0 Å². The maximum Gasteiger partial charge on any atom is 0.387 e. The summed E-state index contributed by atoms with van der Waals surface area (Å²) in [6.45, 7) is 4.37. The predicted molar refractivity (Wildman–Crippen MR) is 107 cm³/mol. The highest BCUT2D eigenvalue weighted by Crippen LogP contribution is 2.29. The number of hydrogen-bond donors (Lipinski definition) is 1. The maximum atomic E-state index is 12.8. The molecule has 8 heteroatoms. The summed E-state index contributed by atoms with van der Waals surface area (Å²) in [7, 11) is 0. The highest BCUT2D eigenvalue weighted by molar-refractivity contribution is 6.04. The zero-order chi connectivity index (χ0) is 21.8. The van der Waals surface area contributed by atoms with Crippen LogP contribution in [0.25, 0.3) is 0 Å². The fraction of sp³-hybridized carbons (Fsp3) is 0.273. The molecule has 158 valence electrons. The molecule has 1 N–H and O–H groups in total. The minimum Gasteiger partial charge on any atom is -0.488 e. The van der Waals surface area contributed by atoms with Crippen LogP contribution in [0.1, 0.15) is 38.5 Å². The maximum absolute atomic E-state index is 12.8. The van der Waals surface area contributed by atoms with Crippen molar-refractivity contribution in [2.75, 3.05) is 5.32 Å². The minimum absolute atomic E-state index is 0.0160. The normalized spacial score (nSPS) is 10.9. The van der Waals surface area contributed by atoms with E-state index in [1.807, 2.05) is 32.0 Å². The van der Waals surface area contributed by atoms with Gasteiger partial charge < -0.3 is 19.3 Å². The molecule has 30 heavy (non-hydrogen) atoms. The van der Waals surface area contributed by atoms with Crippen LogP contribution in [0.3, 0.4) is 0 Å². The monoisotopic (exact) mass is 416 g/mol. The summed E-state index contributed by atoms with van der Waals surface area (Å²) in [5, 5.41) is 6.39. The summed E-state index contributed by atoms with van der Waals surface area (Å²) >= 11 is 0. The van der Waals surface area contributed by atoms with Crippen LogP contribution >= 0.6 is 0 Å². The molecule has 0 spiro atoms. The van der Waals surface area contributed by atoms with Crippen molar-refractivity contribution in [1.29, 1.82) is 0 Å². The van der Waals surface area contributed by atoms with Gasteiger partial charge in [-0.3, -0.25) is 4.79 Å². The van der Waals surface area contributed by atoms with Crippen LogP contribution in [-0.2, 0) is 6.61 Å². The van der Waals surface area contributed by atoms with Crippen molar-refractivity contribution in [2.24, 2.45) is 0 Å². The fourth-order valence-corrected chi connectivity index (χ4v) is 2.87. The molecule has 2 aromatic carbocycles. The van der Waals surface area contributed by atoms with Gasteiger partial charge >= 0.3 is 6.61 Å². The van der Waals surface area contributed by atoms with Crippen molar-refractivity contribution in [3.63, 3.8) is 0 Å². The topological polar surface area (TPSA) is 73.6 Å². The van der Waals surface area contributed by atoms with Gasteiger partial charge in [-0.1, -0.05) is 23.4 Å². The number of anilines is 1. The number of carbonyl (C=O) groups excluding carboxylic acids is 1. The highest BCUT2D eigenvalue weighted by atomic mass is 19.3. The molecule has 1 aromatic heterocycles. The smallest absolute Gasteiger partial charge is 0.387 e.